The minimum absolute atomic E-state index is 0.923. The second-order valence-corrected chi connectivity index (χ2v) is 6.81. The average molecular weight is 336 g/mol. The van der Waals surface area contributed by atoms with Gasteiger partial charge in [0.2, 0.25) is 0 Å². The lowest BCUT2D eigenvalue weighted by molar-refractivity contribution is -0.923. The maximum absolute atomic E-state index is 5.59. The van der Waals surface area contributed by atoms with Crippen molar-refractivity contribution >= 4 is 28.8 Å². The Morgan fingerprint density at radius 2 is 1.54 bits per heavy atom. The summed E-state index contributed by atoms with van der Waals surface area (Å²) in [5.74, 6) is 0. The first-order chi connectivity index (χ1) is 11.8. The number of nitrogens with zero attached hydrogens (tertiary/aromatic N) is 2. The van der Waals surface area contributed by atoms with Crippen LogP contribution in [0, 0.1) is 4.64 Å². The lowest BCUT2D eigenvalue weighted by Crippen LogP contribution is -3.14. The molecule has 4 heteroatoms. The van der Waals surface area contributed by atoms with Gasteiger partial charge in [0.05, 0.1) is 31.7 Å². The van der Waals surface area contributed by atoms with Gasteiger partial charge in [0, 0.05) is 5.69 Å². The molecule has 1 aliphatic heterocycles. The summed E-state index contributed by atoms with van der Waals surface area (Å²) in [4.78, 5) is 4.07. The summed E-state index contributed by atoms with van der Waals surface area (Å²) in [5, 5.41) is 1.26. The summed E-state index contributed by atoms with van der Waals surface area (Å²) in [6.45, 7) is 5.41. The van der Waals surface area contributed by atoms with Crippen LogP contribution in [0.15, 0.2) is 66.7 Å². The first-order valence-electron chi connectivity index (χ1n) is 8.53. The Morgan fingerprint density at radius 1 is 0.833 bits per heavy atom. The van der Waals surface area contributed by atoms with Crippen molar-refractivity contribution in [3.05, 3.63) is 71.4 Å². The van der Waals surface area contributed by atoms with Gasteiger partial charge in [0.25, 0.3) is 0 Å². The third kappa shape index (κ3) is 3.07. The van der Waals surface area contributed by atoms with Crippen LogP contribution in [0.5, 0.6) is 0 Å². The molecule has 1 aromatic heterocycles. The number of pyridine rings is 1. The molecular weight excluding hydrogens is 314 g/mol. The van der Waals surface area contributed by atoms with Crippen LogP contribution in [0.3, 0.4) is 0 Å². The molecule has 2 aromatic carbocycles. The van der Waals surface area contributed by atoms with Crippen molar-refractivity contribution < 1.29 is 4.90 Å². The Kier molecular flexibility index (Phi) is 4.32. The van der Waals surface area contributed by atoms with E-state index < -0.39 is 0 Å². The zero-order valence-corrected chi connectivity index (χ0v) is 14.5. The Bertz CT molecular complexity index is 880. The van der Waals surface area contributed by atoms with Crippen molar-refractivity contribution in [3.8, 4) is 0 Å². The molecule has 0 aliphatic carbocycles. The van der Waals surface area contributed by atoms with Crippen LogP contribution < -0.4 is 9.80 Å². The fraction of sp³-hybridized carbons (Fsp3) is 0.250. The van der Waals surface area contributed by atoms with Crippen molar-refractivity contribution in [1.29, 1.82) is 0 Å². The molecule has 0 saturated carbocycles. The number of aromatic nitrogens is 1. The van der Waals surface area contributed by atoms with E-state index in [1.165, 1.54) is 16.6 Å². The molecule has 1 saturated heterocycles. The predicted molar refractivity (Wildman–Crippen MR) is 102 cm³/mol. The highest BCUT2D eigenvalue weighted by atomic mass is 32.1. The Labute approximate surface area is 147 Å². The lowest BCUT2D eigenvalue weighted by Gasteiger charge is -2.34. The number of nitrogens with one attached hydrogen (secondary N) is 1. The van der Waals surface area contributed by atoms with Crippen LogP contribution in [0.4, 0.5) is 5.69 Å². The van der Waals surface area contributed by atoms with Crippen LogP contribution in [0.1, 0.15) is 0 Å². The second kappa shape index (κ2) is 6.75. The zero-order valence-electron chi connectivity index (χ0n) is 13.7. The molecule has 3 aromatic rings. The Hall–Kier alpha value is -2.17. The van der Waals surface area contributed by atoms with Gasteiger partial charge in [-0.05, 0) is 35.7 Å². The number of quaternary nitrogens is 1. The summed E-state index contributed by atoms with van der Waals surface area (Å²) in [6.07, 6.45) is 0. The number of rotatable bonds is 3. The molecule has 1 N–H and O–H groups in total. The van der Waals surface area contributed by atoms with E-state index in [0.717, 1.165) is 37.5 Å². The molecule has 3 nitrogen and oxygen atoms in total. The number of para-hydroxylation sites is 2. The van der Waals surface area contributed by atoms with Crippen molar-refractivity contribution in [2.24, 2.45) is 0 Å². The molecule has 0 atom stereocenters. The molecule has 0 amide bonds. The van der Waals surface area contributed by atoms with E-state index in [1.54, 1.807) is 4.90 Å². The third-order valence-electron chi connectivity index (χ3n) is 4.87. The quantitative estimate of drug-likeness (QED) is 0.739. The maximum Gasteiger partial charge on any atom is 0.158 e. The molecule has 4 rings (SSSR count). The summed E-state index contributed by atoms with van der Waals surface area (Å²) in [5.41, 5.74) is 2.57. The number of hydrogen-bond acceptors (Lipinski definition) is 2. The van der Waals surface area contributed by atoms with E-state index in [4.69, 9.17) is 12.2 Å². The summed E-state index contributed by atoms with van der Waals surface area (Å²) >= 11 is 5.59. The molecule has 122 valence electrons. The van der Waals surface area contributed by atoms with Crippen molar-refractivity contribution in [2.75, 3.05) is 31.1 Å². The topological polar surface area (TPSA) is 12.6 Å². The largest absolute Gasteiger partial charge is 0.360 e. The summed E-state index contributed by atoms with van der Waals surface area (Å²) < 4.78 is 3.21. The van der Waals surface area contributed by atoms with E-state index in [0.29, 0.717) is 0 Å². The van der Waals surface area contributed by atoms with Gasteiger partial charge in [-0.2, -0.15) is 0 Å². The predicted octanol–water partition coefficient (Wildman–Crippen LogP) is 2.73. The van der Waals surface area contributed by atoms with Gasteiger partial charge in [-0.25, -0.2) is 0 Å². The van der Waals surface area contributed by atoms with E-state index >= 15 is 0 Å². The lowest BCUT2D eigenvalue weighted by atomic mass is 10.2. The number of piperazine rings is 1. The van der Waals surface area contributed by atoms with Gasteiger partial charge in [-0.15, -0.1) is 0 Å². The number of anilines is 1. The standard InChI is InChI=1S/C20H21N3S/c24-20-11-10-17-6-4-5-9-19(17)23(20)16-21-12-14-22(15-13-21)18-7-2-1-3-8-18/h1-11H,12-16H2/p+1. The van der Waals surface area contributed by atoms with Gasteiger partial charge < -0.3 is 9.80 Å². The first kappa shape index (κ1) is 15.4. The van der Waals surface area contributed by atoms with Crippen molar-refractivity contribution in [1.82, 2.24) is 4.57 Å². The molecule has 0 spiro atoms. The molecule has 0 radical (unpaired) electrons. The van der Waals surface area contributed by atoms with Crippen LogP contribution in [-0.2, 0) is 6.67 Å². The van der Waals surface area contributed by atoms with Crippen LogP contribution in [0.2, 0.25) is 0 Å². The summed E-state index contributed by atoms with van der Waals surface area (Å²) in [7, 11) is 0. The Balaban J connectivity index is 1.50. The smallest absolute Gasteiger partial charge is 0.158 e. The highest BCUT2D eigenvalue weighted by Gasteiger charge is 2.20. The van der Waals surface area contributed by atoms with Crippen LogP contribution in [-0.4, -0.2) is 30.7 Å². The minimum atomic E-state index is 0.923. The van der Waals surface area contributed by atoms with Crippen molar-refractivity contribution in [2.45, 2.75) is 6.67 Å². The van der Waals surface area contributed by atoms with Crippen LogP contribution >= 0.6 is 12.2 Å². The molecule has 0 unspecified atom stereocenters. The minimum Gasteiger partial charge on any atom is -0.360 e. The molecule has 1 aliphatic rings. The van der Waals surface area contributed by atoms with Crippen molar-refractivity contribution in [3.63, 3.8) is 0 Å². The molecule has 0 bridgehead atoms. The fourth-order valence-electron chi connectivity index (χ4n) is 3.51. The SMILES string of the molecule is S=c1ccc2ccccc2n1C[NH+]1CCN(c2ccccc2)CC1. The Morgan fingerprint density at radius 3 is 2.33 bits per heavy atom. The van der Waals surface area contributed by atoms with Crippen LogP contribution in [0.25, 0.3) is 10.9 Å². The number of hydrogen-bond donors (Lipinski definition) is 1. The number of benzene rings is 2. The van der Waals surface area contributed by atoms with Gasteiger partial charge >= 0.3 is 0 Å². The molecule has 24 heavy (non-hydrogen) atoms. The van der Waals surface area contributed by atoms with Gasteiger partial charge in [0.15, 0.2) is 6.67 Å². The molecule has 2 heterocycles. The van der Waals surface area contributed by atoms with Gasteiger partial charge in [-0.3, -0.25) is 4.57 Å². The number of fused-ring (bicyclic) bond motifs is 1. The van der Waals surface area contributed by atoms with Gasteiger partial charge in [0.1, 0.15) is 4.64 Å². The monoisotopic (exact) mass is 336 g/mol. The maximum atomic E-state index is 5.59. The highest BCUT2D eigenvalue weighted by molar-refractivity contribution is 7.71. The zero-order chi connectivity index (χ0) is 16.4. The second-order valence-electron chi connectivity index (χ2n) is 6.39. The highest BCUT2D eigenvalue weighted by Crippen LogP contribution is 2.14. The third-order valence-corrected chi connectivity index (χ3v) is 5.23. The van der Waals surface area contributed by atoms with Gasteiger partial charge in [-0.1, -0.05) is 48.6 Å². The van der Waals surface area contributed by atoms with E-state index in [9.17, 15) is 0 Å². The van der Waals surface area contributed by atoms with E-state index in [2.05, 4.69) is 76.2 Å². The normalized spacial score (nSPS) is 15.8. The average Bonchev–Trinajstić information content (AvgIpc) is 2.65. The van der Waals surface area contributed by atoms with E-state index in [1.807, 2.05) is 0 Å². The van der Waals surface area contributed by atoms with E-state index in [-0.39, 0.29) is 0 Å². The molecule has 1 fully saturated rings. The molecular formula is C20H22N3S+. The fourth-order valence-corrected chi connectivity index (χ4v) is 3.74. The summed E-state index contributed by atoms with van der Waals surface area (Å²) in [6, 6.07) is 23.4. The first-order valence-corrected chi connectivity index (χ1v) is 8.94.